The first-order valence-electron chi connectivity index (χ1n) is 21.4. The molecular weight excluding hydrogens is 817 g/mol. The predicted octanol–water partition coefficient (Wildman–Crippen LogP) is 4.72. The Morgan fingerprint density at radius 3 is 1.71 bits per heavy atom. The van der Waals surface area contributed by atoms with Crippen molar-refractivity contribution in [2.45, 2.75) is 138 Å². The molecule has 5 aliphatic heterocycles. The van der Waals surface area contributed by atoms with E-state index in [1.165, 1.54) is 0 Å². The minimum atomic E-state index is -1.52. The Labute approximate surface area is 366 Å². The largest absolute Gasteiger partial charge is 0.481 e. The fourth-order valence-corrected chi connectivity index (χ4v) is 11.8. The Balaban J connectivity index is 2.03. The summed E-state index contributed by atoms with van der Waals surface area (Å²) in [4.78, 5) is 104. The first-order valence-corrected chi connectivity index (χ1v) is 21.4. The van der Waals surface area contributed by atoms with Crippen LogP contribution >= 0.6 is 0 Å². The molecule has 344 valence electrons. The molecule has 0 aromatic carbocycles. The molecule has 0 aliphatic carbocycles. The number of rotatable bonds is 18. The number of aliphatic carboxylic acids is 5. The maximum atomic E-state index is 13.3. The third kappa shape index (κ3) is 8.56. The van der Waals surface area contributed by atoms with E-state index in [1.54, 1.807) is 47.6 Å². The van der Waals surface area contributed by atoms with Crippen LogP contribution in [0, 0.1) is 45.3 Å². The number of carbonyl (C=O) groups excluding carboxylic acids is 2. The molecule has 63 heavy (non-hydrogen) atoms. The van der Waals surface area contributed by atoms with Crippen molar-refractivity contribution in [1.82, 2.24) is 5.32 Å². The van der Waals surface area contributed by atoms with Crippen molar-refractivity contribution in [2.75, 3.05) is 0 Å². The van der Waals surface area contributed by atoms with Gasteiger partial charge >= 0.3 is 29.8 Å². The van der Waals surface area contributed by atoms with Crippen molar-refractivity contribution in [2.24, 2.45) is 71.8 Å². The van der Waals surface area contributed by atoms with Crippen LogP contribution in [0.1, 0.15) is 126 Å². The molecule has 5 rings (SSSR count). The standard InChI is InChI=1S/C45H62N6O12/c1-21-36-24(10-13-32(56)57)41(3,4)28(49-36)18-27-23(9-12-31(54)55)43(6,19-29(46)52)39(48-27)22(2)37-25(11-14-33(58)59)44(7,20-30(47)53)45(8,51-37)40-26(17-35(62)63)42(5,38(21)50-40)16-15-34(60)61/h18,23-26,40,48H,9-17,19-20H2,1-8H3,(H2,46,52)(H2,47,53)(H,54,55)(H,56,57)(H,58,59)(H,60,61)(H,62,63)/b27-18-,36-21-,39-22-/t23-,24-,25-,26+,40?,42-,43+,44+,45-/m1/s1. The van der Waals surface area contributed by atoms with Gasteiger partial charge in [-0.1, -0.05) is 34.6 Å². The van der Waals surface area contributed by atoms with Gasteiger partial charge in [-0.25, -0.2) is 0 Å². The van der Waals surface area contributed by atoms with Gasteiger partial charge in [0, 0.05) is 118 Å². The van der Waals surface area contributed by atoms with Crippen molar-refractivity contribution in [1.29, 1.82) is 0 Å². The summed E-state index contributed by atoms with van der Waals surface area (Å²) >= 11 is 0. The zero-order chi connectivity index (χ0) is 47.4. The molecule has 0 saturated carbocycles. The van der Waals surface area contributed by atoms with Gasteiger partial charge in [-0.05, 0) is 63.7 Å². The molecule has 5 aliphatic rings. The quantitative estimate of drug-likeness (QED) is 0.0925. The van der Waals surface area contributed by atoms with Crippen LogP contribution in [0.3, 0.4) is 0 Å². The normalized spacial score (nSPS) is 36.2. The number of nitrogens with zero attached hydrogens (tertiary/aromatic N) is 3. The van der Waals surface area contributed by atoms with Gasteiger partial charge in [-0.15, -0.1) is 0 Å². The van der Waals surface area contributed by atoms with Gasteiger partial charge in [0.15, 0.2) is 0 Å². The summed E-state index contributed by atoms with van der Waals surface area (Å²) in [5, 5.41) is 54.2. The molecule has 18 heteroatoms. The third-order valence-electron chi connectivity index (χ3n) is 15.3. The number of carbonyl (C=O) groups is 7. The van der Waals surface area contributed by atoms with E-state index in [9.17, 15) is 59.1 Å². The second-order valence-corrected chi connectivity index (χ2v) is 19.6. The zero-order valence-electron chi connectivity index (χ0n) is 37.3. The SMILES string of the molecule is C/C1=C2N=C(/C=C3\N/C(=C(/C)C4=N[C@](C)(C5N=C1[C@](C)(CCC(=O)O)[C@H]5CC(=O)O)[C@@](C)(CC(N)=O)[C@@H]4CCC(=O)O)[C@@](C)(CC(N)=O)[C@@H]3CCC(=O)O)C(C)(C)[C@@H]/2CCC(=O)O. The van der Waals surface area contributed by atoms with Crippen LogP contribution in [0.25, 0.3) is 0 Å². The topological polar surface area (TPSA) is 322 Å². The van der Waals surface area contributed by atoms with Crippen LogP contribution in [0.4, 0.5) is 0 Å². The molecule has 8 bridgehead atoms. The number of primary amides is 2. The Kier molecular flexibility index (Phi) is 13.1. The first-order chi connectivity index (χ1) is 29.0. The van der Waals surface area contributed by atoms with Crippen molar-refractivity contribution >= 4 is 58.8 Å². The van der Waals surface area contributed by atoms with E-state index in [0.717, 1.165) is 0 Å². The monoisotopic (exact) mass is 878 g/mol. The maximum Gasteiger partial charge on any atom is 0.303 e. The summed E-state index contributed by atoms with van der Waals surface area (Å²) in [7, 11) is 0. The van der Waals surface area contributed by atoms with Crippen LogP contribution in [0.5, 0.6) is 0 Å². The number of aliphatic imine (C=N–C) groups is 3. The average molecular weight is 879 g/mol. The van der Waals surface area contributed by atoms with E-state index >= 15 is 0 Å². The minimum absolute atomic E-state index is 0.0433. The second kappa shape index (κ2) is 17.1. The molecule has 0 spiro atoms. The van der Waals surface area contributed by atoms with E-state index in [1.807, 2.05) is 13.8 Å². The summed E-state index contributed by atoms with van der Waals surface area (Å²) in [6.07, 6.45) is -0.470. The number of nitrogens with one attached hydrogen (secondary N) is 1. The molecular formula is C45H62N6O12. The first kappa shape index (κ1) is 48.4. The molecule has 1 saturated heterocycles. The molecule has 0 aromatic rings. The van der Waals surface area contributed by atoms with Gasteiger partial charge in [-0.2, -0.15) is 0 Å². The van der Waals surface area contributed by atoms with Crippen LogP contribution in [0.2, 0.25) is 0 Å². The molecule has 10 N–H and O–H groups in total. The van der Waals surface area contributed by atoms with Gasteiger partial charge in [0.25, 0.3) is 0 Å². The van der Waals surface area contributed by atoms with Crippen molar-refractivity contribution in [3.63, 3.8) is 0 Å². The highest BCUT2D eigenvalue weighted by molar-refractivity contribution is 6.10. The Morgan fingerprint density at radius 2 is 1.21 bits per heavy atom. The van der Waals surface area contributed by atoms with Crippen molar-refractivity contribution < 1.29 is 59.1 Å². The third-order valence-corrected chi connectivity index (χ3v) is 15.3. The van der Waals surface area contributed by atoms with E-state index in [-0.39, 0.29) is 64.2 Å². The molecule has 5 heterocycles. The smallest absolute Gasteiger partial charge is 0.303 e. The number of carboxylic acid groups (broad SMARTS) is 5. The fraction of sp³-hybridized carbons (Fsp3) is 0.644. The molecule has 1 fully saturated rings. The summed E-state index contributed by atoms with van der Waals surface area (Å²) < 4.78 is 0. The van der Waals surface area contributed by atoms with Gasteiger partial charge in [0.1, 0.15) is 0 Å². The number of hydrogen-bond donors (Lipinski definition) is 8. The summed E-state index contributed by atoms with van der Waals surface area (Å²) in [5.41, 5.74) is 9.44. The van der Waals surface area contributed by atoms with Gasteiger partial charge < -0.3 is 42.3 Å². The van der Waals surface area contributed by atoms with Crippen LogP contribution in [0.15, 0.2) is 49.3 Å². The number of nitrogens with two attached hydrogens (primary N) is 2. The van der Waals surface area contributed by atoms with Crippen molar-refractivity contribution in [3.05, 3.63) is 34.3 Å². The van der Waals surface area contributed by atoms with Gasteiger partial charge in [0.05, 0.1) is 18.0 Å². The predicted molar refractivity (Wildman–Crippen MR) is 231 cm³/mol. The van der Waals surface area contributed by atoms with Gasteiger partial charge in [-0.3, -0.25) is 48.5 Å². The summed E-state index contributed by atoms with van der Waals surface area (Å²) in [5.74, 6) is -10.0. The maximum absolute atomic E-state index is 13.3. The van der Waals surface area contributed by atoms with E-state index < -0.39 is 105 Å². The summed E-state index contributed by atoms with van der Waals surface area (Å²) in [6.45, 7) is 14.4. The highest BCUT2D eigenvalue weighted by Crippen LogP contribution is 2.62. The second-order valence-electron chi connectivity index (χ2n) is 19.6. The Morgan fingerprint density at radius 1 is 0.683 bits per heavy atom. The molecule has 1 unspecified atom stereocenters. The zero-order valence-corrected chi connectivity index (χ0v) is 37.3. The number of amides is 2. The molecule has 18 nitrogen and oxygen atoms in total. The molecule has 0 radical (unpaired) electrons. The lowest BCUT2D eigenvalue weighted by Crippen LogP contribution is -2.55. The van der Waals surface area contributed by atoms with Crippen molar-refractivity contribution in [3.8, 4) is 0 Å². The number of allylic oxidation sites excluding steroid dienone is 6. The number of fused-ring (bicyclic) bond motifs is 6. The van der Waals surface area contributed by atoms with E-state index in [4.69, 9.17) is 26.4 Å². The lowest BCUT2D eigenvalue weighted by atomic mass is 9.55. The average Bonchev–Trinajstić information content (AvgIpc) is 3.75. The molecule has 9 atom stereocenters. The Bertz CT molecular complexity index is 2220. The van der Waals surface area contributed by atoms with Crippen LogP contribution in [-0.2, 0) is 33.6 Å². The fourth-order valence-electron chi connectivity index (χ4n) is 11.8. The number of carboxylic acids is 5. The molecule has 2 amide bonds. The lowest BCUT2D eigenvalue weighted by Gasteiger charge is -2.48. The van der Waals surface area contributed by atoms with E-state index in [2.05, 4.69) is 5.32 Å². The van der Waals surface area contributed by atoms with E-state index in [0.29, 0.717) is 45.4 Å². The Hall–Kier alpha value is -5.68. The minimum Gasteiger partial charge on any atom is -0.481 e. The van der Waals surface area contributed by atoms with Crippen LogP contribution < -0.4 is 16.8 Å². The lowest BCUT2D eigenvalue weighted by molar-refractivity contribution is -0.140. The highest BCUT2D eigenvalue weighted by atomic mass is 16.4. The van der Waals surface area contributed by atoms with Crippen LogP contribution in [-0.4, -0.2) is 95.9 Å². The number of hydrogen-bond acceptors (Lipinski definition) is 11. The molecule has 0 aromatic heterocycles. The summed E-state index contributed by atoms with van der Waals surface area (Å²) in [6, 6.07) is -1.07. The van der Waals surface area contributed by atoms with Gasteiger partial charge in [0.2, 0.25) is 11.8 Å². The highest BCUT2D eigenvalue weighted by Gasteiger charge is 2.66.